The second-order valence-electron chi connectivity index (χ2n) is 3.41. The van der Waals surface area contributed by atoms with E-state index >= 15 is 0 Å². The molecule has 5 heteroatoms. The van der Waals surface area contributed by atoms with Crippen LogP contribution in [0, 0.1) is 5.82 Å². The van der Waals surface area contributed by atoms with Crippen LogP contribution in [0.15, 0.2) is 4.79 Å². The summed E-state index contributed by atoms with van der Waals surface area (Å²) in [6.45, 7) is 3.96. The van der Waals surface area contributed by atoms with E-state index in [0.29, 0.717) is 18.8 Å². The molecule has 0 fully saturated rings. The van der Waals surface area contributed by atoms with E-state index in [1.165, 1.54) is 0 Å². The first kappa shape index (κ1) is 10.8. The summed E-state index contributed by atoms with van der Waals surface area (Å²) in [4.78, 5) is 17.5. The van der Waals surface area contributed by atoms with Crippen LogP contribution in [-0.2, 0) is 6.42 Å². The van der Waals surface area contributed by atoms with Crippen LogP contribution < -0.4 is 11.3 Å². The lowest BCUT2D eigenvalue weighted by molar-refractivity contribution is 0.557. The second-order valence-corrected chi connectivity index (χ2v) is 3.41. The van der Waals surface area contributed by atoms with Gasteiger partial charge in [-0.1, -0.05) is 13.8 Å². The Bertz CT molecular complexity index is 373. The van der Waals surface area contributed by atoms with E-state index in [9.17, 15) is 9.18 Å². The van der Waals surface area contributed by atoms with Crippen LogP contribution in [0.2, 0.25) is 0 Å². The molecule has 0 amide bonds. The smallest absolute Gasteiger partial charge is 0.287 e. The summed E-state index contributed by atoms with van der Waals surface area (Å²) in [5, 5.41) is 0. The van der Waals surface area contributed by atoms with Gasteiger partial charge in [-0.15, -0.1) is 0 Å². The Labute approximate surface area is 81.4 Å². The quantitative estimate of drug-likeness (QED) is 0.746. The molecule has 0 bridgehead atoms. The van der Waals surface area contributed by atoms with Gasteiger partial charge in [-0.2, -0.15) is 4.39 Å². The average Bonchev–Trinajstić information content (AvgIpc) is 2.11. The van der Waals surface area contributed by atoms with E-state index in [0.717, 1.165) is 0 Å². The summed E-state index contributed by atoms with van der Waals surface area (Å²) >= 11 is 0. The van der Waals surface area contributed by atoms with E-state index in [4.69, 9.17) is 5.73 Å². The summed E-state index contributed by atoms with van der Waals surface area (Å²) in [6.07, 6.45) is 0.454. The predicted molar refractivity (Wildman–Crippen MR) is 51.7 cm³/mol. The van der Waals surface area contributed by atoms with Crippen molar-refractivity contribution in [3.05, 3.63) is 27.7 Å². The molecule has 0 aliphatic rings. The highest BCUT2D eigenvalue weighted by atomic mass is 19.1. The van der Waals surface area contributed by atoms with Crippen molar-refractivity contribution in [3.63, 3.8) is 0 Å². The van der Waals surface area contributed by atoms with Crippen LogP contribution >= 0.6 is 0 Å². The summed E-state index contributed by atoms with van der Waals surface area (Å²) in [5.74, 6) is -0.447. The molecule has 0 aliphatic carbocycles. The number of aromatic amines is 1. The molecule has 4 nitrogen and oxygen atoms in total. The van der Waals surface area contributed by atoms with Crippen LogP contribution in [0.3, 0.4) is 0 Å². The lowest BCUT2D eigenvalue weighted by Gasteiger charge is -2.07. The van der Waals surface area contributed by atoms with Gasteiger partial charge in [-0.3, -0.25) is 4.79 Å². The SMILES string of the molecule is CC(C)c1nc(CCN)[nH]c(=O)c1F. The molecule has 0 radical (unpaired) electrons. The topological polar surface area (TPSA) is 71.8 Å². The van der Waals surface area contributed by atoms with Crippen molar-refractivity contribution in [1.29, 1.82) is 0 Å². The number of halogens is 1. The lowest BCUT2D eigenvalue weighted by Crippen LogP contribution is -2.21. The molecule has 1 heterocycles. The van der Waals surface area contributed by atoms with E-state index < -0.39 is 11.4 Å². The molecule has 1 aromatic heterocycles. The normalized spacial score (nSPS) is 10.9. The molecule has 0 aromatic carbocycles. The zero-order valence-corrected chi connectivity index (χ0v) is 8.30. The van der Waals surface area contributed by atoms with E-state index in [1.54, 1.807) is 13.8 Å². The number of H-pyrrole nitrogens is 1. The van der Waals surface area contributed by atoms with E-state index in [2.05, 4.69) is 9.97 Å². The van der Waals surface area contributed by atoms with E-state index in [1.807, 2.05) is 0 Å². The summed E-state index contributed by atoms with van der Waals surface area (Å²) in [7, 11) is 0. The Morgan fingerprint density at radius 2 is 2.21 bits per heavy atom. The fourth-order valence-electron chi connectivity index (χ4n) is 1.16. The first-order valence-electron chi connectivity index (χ1n) is 4.55. The zero-order valence-electron chi connectivity index (χ0n) is 8.30. The number of nitrogens with zero attached hydrogens (tertiary/aromatic N) is 1. The minimum atomic E-state index is -0.791. The largest absolute Gasteiger partial charge is 0.330 e. The van der Waals surface area contributed by atoms with Crippen molar-refractivity contribution in [2.45, 2.75) is 26.2 Å². The summed E-state index contributed by atoms with van der Waals surface area (Å²) < 4.78 is 13.2. The third-order valence-electron chi connectivity index (χ3n) is 1.87. The molecule has 0 spiro atoms. The molecule has 78 valence electrons. The highest BCUT2D eigenvalue weighted by Gasteiger charge is 2.13. The maximum Gasteiger partial charge on any atom is 0.287 e. The molecule has 0 atom stereocenters. The minimum Gasteiger partial charge on any atom is -0.330 e. The van der Waals surface area contributed by atoms with Gasteiger partial charge in [-0.25, -0.2) is 4.98 Å². The highest BCUT2D eigenvalue weighted by molar-refractivity contribution is 5.09. The number of nitrogens with one attached hydrogen (secondary N) is 1. The van der Waals surface area contributed by atoms with Crippen LogP contribution in [-0.4, -0.2) is 16.5 Å². The van der Waals surface area contributed by atoms with Gasteiger partial charge >= 0.3 is 0 Å². The number of rotatable bonds is 3. The van der Waals surface area contributed by atoms with Gasteiger partial charge in [-0.05, 0) is 12.5 Å². The van der Waals surface area contributed by atoms with Crippen molar-refractivity contribution in [2.24, 2.45) is 5.73 Å². The number of hydrogen-bond acceptors (Lipinski definition) is 3. The Balaban J connectivity index is 3.21. The third-order valence-corrected chi connectivity index (χ3v) is 1.87. The standard InChI is InChI=1S/C9H14FN3O/c1-5(2)8-7(10)9(14)13-6(12-8)3-4-11/h5H,3-4,11H2,1-2H3,(H,12,13,14). The molecule has 0 saturated carbocycles. The lowest BCUT2D eigenvalue weighted by atomic mass is 10.1. The molecule has 1 rings (SSSR count). The van der Waals surface area contributed by atoms with Crippen molar-refractivity contribution in [1.82, 2.24) is 9.97 Å². The maximum atomic E-state index is 13.2. The minimum absolute atomic E-state index is 0.103. The third kappa shape index (κ3) is 2.17. The molecule has 3 N–H and O–H groups in total. The van der Waals surface area contributed by atoms with Crippen LogP contribution in [0.1, 0.15) is 31.3 Å². The Kier molecular flexibility index (Phi) is 3.35. The van der Waals surface area contributed by atoms with Gasteiger partial charge in [0.25, 0.3) is 5.56 Å². The zero-order chi connectivity index (χ0) is 10.7. The van der Waals surface area contributed by atoms with Crippen molar-refractivity contribution >= 4 is 0 Å². The molecule has 14 heavy (non-hydrogen) atoms. The molecule has 0 saturated heterocycles. The number of hydrogen-bond donors (Lipinski definition) is 2. The Morgan fingerprint density at radius 1 is 1.57 bits per heavy atom. The molecule has 0 aliphatic heterocycles. The highest BCUT2D eigenvalue weighted by Crippen LogP contribution is 2.12. The summed E-state index contributed by atoms with van der Waals surface area (Å²) in [6, 6.07) is 0. The predicted octanol–water partition coefficient (Wildman–Crippen LogP) is 0.534. The van der Waals surface area contributed by atoms with Crippen LogP contribution in [0.5, 0.6) is 0 Å². The van der Waals surface area contributed by atoms with E-state index in [-0.39, 0.29) is 11.6 Å². The maximum absolute atomic E-state index is 13.2. The number of aromatic nitrogens is 2. The van der Waals surface area contributed by atoms with Crippen molar-refractivity contribution in [2.75, 3.05) is 6.54 Å². The fraction of sp³-hybridized carbons (Fsp3) is 0.556. The molecule has 0 unspecified atom stereocenters. The van der Waals surface area contributed by atoms with Gasteiger partial charge in [0, 0.05) is 6.42 Å². The van der Waals surface area contributed by atoms with Crippen LogP contribution in [0.4, 0.5) is 4.39 Å². The average molecular weight is 199 g/mol. The van der Waals surface area contributed by atoms with Crippen LogP contribution in [0.25, 0.3) is 0 Å². The molecular formula is C9H14FN3O. The van der Waals surface area contributed by atoms with Gasteiger partial charge in [0.1, 0.15) is 5.82 Å². The van der Waals surface area contributed by atoms with Crippen molar-refractivity contribution in [3.8, 4) is 0 Å². The first-order chi connectivity index (χ1) is 6.56. The second kappa shape index (κ2) is 4.32. The molecular weight excluding hydrogens is 185 g/mol. The van der Waals surface area contributed by atoms with Gasteiger partial charge < -0.3 is 10.7 Å². The van der Waals surface area contributed by atoms with Gasteiger partial charge in [0.2, 0.25) is 5.82 Å². The van der Waals surface area contributed by atoms with Gasteiger partial charge in [0.15, 0.2) is 0 Å². The number of nitrogens with two attached hydrogens (primary N) is 1. The van der Waals surface area contributed by atoms with Gasteiger partial charge in [0.05, 0.1) is 5.69 Å². The molecule has 1 aromatic rings. The fourth-order valence-corrected chi connectivity index (χ4v) is 1.16. The monoisotopic (exact) mass is 199 g/mol. The van der Waals surface area contributed by atoms with Crippen molar-refractivity contribution < 1.29 is 4.39 Å². The first-order valence-corrected chi connectivity index (χ1v) is 4.55. The summed E-state index contributed by atoms with van der Waals surface area (Å²) in [5.41, 5.74) is 4.81. The Hall–Kier alpha value is -1.23. The Morgan fingerprint density at radius 3 is 2.71 bits per heavy atom.